The minimum atomic E-state index is -0.357. The average molecular weight is 452 g/mol. The molecule has 0 fully saturated rings. The molecule has 0 atom stereocenters. The van der Waals surface area contributed by atoms with Crippen molar-refractivity contribution in [3.05, 3.63) is 76.1 Å². The number of carbonyl (C=O) groups is 1. The van der Waals surface area contributed by atoms with Gasteiger partial charge in [0.05, 0.1) is 7.11 Å². The van der Waals surface area contributed by atoms with Crippen molar-refractivity contribution in [1.82, 2.24) is 25.0 Å². The van der Waals surface area contributed by atoms with Gasteiger partial charge in [0.1, 0.15) is 23.2 Å². The van der Waals surface area contributed by atoms with Gasteiger partial charge < -0.3 is 14.6 Å². The van der Waals surface area contributed by atoms with E-state index in [1.807, 2.05) is 6.07 Å². The second kappa shape index (κ2) is 10.1. The number of nitrogens with zero attached hydrogens (tertiary/aromatic N) is 4. The van der Waals surface area contributed by atoms with Crippen LogP contribution >= 0.6 is 0 Å². The molecule has 2 heterocycles. The van der Waals surface area contributed by atoms with Crippen LogP contribution in [-0.2, 0) is 25.9 Å². The molecule has 3 aromatic rings. The van der Waals surface area contributed by atoms with Crippen LogP contribution in [0.15, 0.2) is 36.4 Å². The zero-order valence-electron chi connectivity index (χ0n) is 19.4. The molecule has 174 valence electrons. The summed E-state index contributed by atoms with van der Waals surface area (Å²) in [5.74, 6) is 2.21. The number of aromatic nitrogens is 3. The van der Waals surface area contributed by atoms with Crippen LogP contribution in [0, 0.1) is 19.7 Å². The molecule has 0 aliphatic carbocycles. The van der Waals surface area contributed by atoms with Gasteiger partial charge in [0.2, 0.25) is 0 Å². The molecular formula is C25H30FN5O2. The summed E-state index contributed by atoms with van der Waals surface area (Å²) >= 11 is 0. The smallest absolute Gasteiger partial charge is 0.251 e. The summed E-state index contributed by atoms with van der Waals surface area (Å²) in [5.41, 5.74) is 4.22. The number of hydrogen-bond acceptors (Lipinski definition) is 5. The highest BCUT2D eigenvalue weighted by Crippen LogP contribution is 2.25. The van der Waals surface area contributed by atoms with Crippen LogP contribution < -0.4 is 10.1 Å². The summed E-state index contributed by atoms with van der Waals surface area (Å²) in [6.07, 6.45) is 1.43. The summed E-state index contributed by atoms with van der Waals surface area (Å²) in [4.78, 5) is 14.7. The van der Waals surface area contributed by atoms with Gasteiger partial charge in [-0.2, -0.15) is 0 Å². The molecule has 8 heteroatoms. The first-order valence-corrected chi connectivity index (χ1v) is 11.3. The molecule has 0 radical (unpaired) electrons. The lowest BCUT2D eigenvalue weighted by Crippen LogP contribution is -2.28. The molecule has 0 saturated carbocycles. The maximum Gasteiger partial charge on any atom is 0.251 e. The maximum absolute atomic E-state index is 13.0. The van der Waals surface area contributed by atoms with E-state index in [0.29, 0.717) is 18.5 Å². The Bertz CT molecular complexity index is 1130. The van der Waals surface area contributed by atoms with Gasteiger partial charge in [0, 0.05) is 51.1 Å². The summed E-state index contributed by atoms with van der Waals surface area (Å²) in [6.45, 7) is 8.23. The Balaban J connectivity index is 1.33. The third kappa shape index (κ3) is 5.22. The highest BCUT2D eigenvalue weighted by molar-refractivity contribution is 5.94. The van der Waals surface area contributed by atoms with Gasteiger partial charge in [0.25, 0.3) is 5.91 Å². The second-order valence-electron chi connectivity index (χ2n) is 8.40. The number of ether oxygens (including phenoxy) is 1. The fourth-order valence-electron chi connectivity index (χ4n) is 4.25. The lowest BCUT2D eigenvalue weighted by atomic mass is 10.0. The van der Waals surface area contributed by atoms with Gasteiger partial charge in [-0.05, 0) is 60.9 Å². The molecule has 0 saturated heterocycles. The average Bonchev–Trinajstić information content (AvgIpc) is 3.09. The number of benzene rings is 2. The molecule has 4 rings (SSSR count). The third-order valence-corrected chi connectivity index (χ3v) is 6.40. The molecular weight excluding hydrogens is 421 g/mol. The zero-order chi connectivity index (χ0) is 23.4. The van der Waals surface area contributed by atoms with Crippen molar-refractivity contribution < 1.29 is 13.9 Å². The van der Waals surface area contributed by atoms with Crippen LogP contribution in [0.1, 0.15) is 38.7 Å². The van der Waals surface area contributed by atoms with Crippen LogP contribution in [0.2, 0.25) is 0 Å². The molecule has 0 unspecified atom stereocenters. The highest BCUT2D eigenvalue weighted by Gasteiger charge is 2.20. The summed E-state index contributed by atoms with van der Waals surface area (Å²) in [5, 5.41) is 11.6. The maximum atomic E-state index is 13.0. The largest absolute Gasteiger partial charge is 0.496 e. The van der Waals surface area contributed by atoms with Crippen molar-refractivity contribution >= 4 is 5.91 Å². The first-order valence-electron chi connectivity index (χ1n) is 11.3. The molecule has 1 N–H and O–H groups in total. The fourth-order valence-corrected chi connectivity index (χ4v) is 4.25. The Labute approximate surface area is 193 Å². The van der Waals surface area contributed by atoms with Crippen LogP contribution in [0.25, 0.3) is 0 Å². The quantitative estimate of drug-likeness (QED) is 0.598. The molecule has 2 aromatic carbocycles. The molecule has 33 heavy (non-hydrogen) atoms. The van der Waals surface area contributed by atoms with Crippen LogP contribution in [0.5, 0.6) is 5.75 Å². The number of fused-ring (bicyclic) bond motifs is 1. The number of amides is 1. The first-order chi connectivity index (χ1) is 16.0. The van der Waals surface area contributed by atoms with E-state index in [2.05, 4.69) is 44.9 Å². The van der Waals surface area contributed by atoms with Gasteiger partial charge in [0.15, 0.2) is 0 Å². The predicted octanol–water partition coefficient (Wildman–Crippen LogP) is 3.07. The number of methoxy groups -OCH3 is 1. The Morgan fingerprint density at radius 3 is 2.61 bits per heavy atom. The van der Waals surface area contributed by atoms with Gasteiger partial charge in [-0.25, -0.2) is 4.39 Å². The molecule has 1 aliphatic rings. The minimum absolute atomic E-state index is 0.220. The van der Waals surface area contributed by atoms with Crippen molar-refractivity contribution in [2.45, 2.75) is 39.8 Å². The van der Waals surface area contributed by atoms with E-state index in [0.717, 1.165) is 50.0 Å². The van der Waals surface area contributed by atoms with E-state index in [4.69, 9.17) is 4.74 Å². The number of carbonyl (C=O) groups excluding carboxylic acids is 1. The van der Waals surface area contributed by atoms with Crippen molar-refractivity contribution in [3.63, 3.8) is 0 Å². The van der Waals surface area contributed by atoms with Crippen molar-refractivity contribution in [3.8, 4) is 5.75 Å². The van der Waals surface area contributed by atoms with Crippen molar-refractivity contribution in [2.75, 3.05) is 26.7 Å². The van der Waals surface area contributed by atoms with Gasteiger partial charge in [-0.1, -0.05) is 6.07 Å². The van der Waals surface area contributed by atoms with Crippen LogP contribution in [0.4, 0.5) is 4.39 Å². The SMILES string of the molecule is COc1ccc(CN2CCc3nnc(CCNC(=O)c4ccc(F)cc4)n3CC2)c(C)c1C. The van der Waals surface area contributed by atoms with E-state index in [9.17, 15) is 9.18 Å². The summed E-state index contributed by atoms with van der Waals surface area (Å²) in [7, 11) is 1.71. The lowest BCUT2D eigenvalue weighted by molar-refractivity contribution is 0.0954. The zero-order valence-corrected chi connectivity index (χ0v) is 19.4. The number of hydrogen-bond donors (Lipinski definition) is 1. The molecule has 0 bridgehead atoms. The Kier molecular flexibility index (Phi) is 7.03. The number of rotatable bonds is 7. The number of nitrogens with one attached hydrogen (secondary N) is 1. The molecule has 0 spiro atoms. The molecule has 1 aliphatic heterocycles. The van der Waals surface area contributed by atoms with E-state index >= 15 is 0 Å². The van der Waals surface area contributed by atoms with Crippen LogP contribution in [-0.4, -0.2) is 52.3 Å². The van der Waals surface area contributed by atoms with Gasteiger partial charge >= 0.3 is 0 Å². The Morgan fingerprint density at radius 2 is 1.85 bits per heavy atom. The lowest BCUT2D eigenvalue weighted by Gasteiger charge is -2.22. The number of halogens is 1. The third-order valence-electron chi connectivity index (χ3n) is 6.40. The molecule has 7 nitrogen and oxygen atoms in total. The predicted molar refractivity (Wildman–Crippen MR) is 124 cm³/mol. The first kappa shape index (κ1) is 22.9. The second-order valence-corrected chi connectivity index (χ2v) is 8.40. The van der Waals surface area contributed by atoms with Gasteiger partial charge in [-0.15, -0.1) is 10.2 Å². The Hall–Kier alpha value is -3.26. The van der Waals surface area contributed by atoms with E-state index < -0.39 is 0 Å². The standard InChI is InChI=1S/C25H30FN5O2/c1-17-18(2)22(33-3)9-6-20(17)16-30-13-11-24-29-28-23(31(24)15-14-30)10-12-27-25(32)19-4-7-21(26)8-5-19/h4-9H,10-16H2,1-3H3,(H,27,32). The van der Waals surface area contributed by atoms with E-state index in [-0.39, 0.29) is 11.7 Å². The topological polar surface area (TPSA) is 72.3 Å². The van der Waals surface area contributed by atoms with Gasteiger partial charge in [-0.3, -0.25) is 9.69 Å². The van der Waals surface area contributed by atoms with E-state index in [1.54, 1.807) is 7.11 Å². The van der Waals surface area contributed by atoms with Crippen molar-refractivity contribution in [1.29, 1.82) is 0 Å². The fraction of sp³-hybridized carbons (Fsp3) is 0.400. The summed E-state index contributed by atoms with van der Waals surface area (Å²) in [6, 6.07) is 9.73. The molecule has 1 amide bonds. The Morgan fingerprint density at radius 1 is 1.06 bits per heavy atom. The summed E-state index contributed by atoms with van der Waals surface area (Å²) < 4.78 is 20.7. The molecule has 1 aromatic heterocycles. The normalized spacial score (nSPS) is 13.9. The van der Waals surface area contributed by atoms with Crippen LogP contribution in [0.3, 0.4) is 0 Å². The highest BCUT2D eigenvalue weighted by atomic mass is 19.1. The van der Waals surface area contributed by atoms with Crippen molar-refractivity contribution in [2.24, 2.45) is 0 Å². The monoisotopic (exact) mass is 451 g/mol. The minimum Gasteiger partial charge on any atom is -0.496 e. The van der Waals surface area contributed by atoms with E-state index in [1.165, 1.54) is 41.0 Å².